The van der Waals surface area contributed by atoms with E-state index in [1.54, 1.807) is 12.1 Å². The molecule has 69 heavy (non-hydrogen) atoms. The number of fused-ring (bicyclic) bond motifs is 4. The van der Waals surface area contributed by atoms with Crippen molar-refractivity contribution < 1.29 is 61.2 Å². The van der Waals surface area contributed by atoms with E-state index in [0.29, 0.717) is 22.8 Å². The van der Waals surface area contributed by atoms with Gasteiger partial charge < -0.3 is 51.5 Å². The number of rotatable bonds is 14. The first kappa shape index (κ1) is 51.7. The number of hydrogen-bond donors (Lipinski definition) is 7. The molecular weight excluding hydrogens is 922 g/mol. The SMILES string of the molecule is C[C@H](NC(=O)CCCC[C@@H]1SC[C@@H]2NC(=O)N[C@@H]21)C(=O)N[C@@H](C)C(=O)N[C@@H](CC(N)=O)C(=O)[NH+]=c1ccc2cc3c(oc-2c1)/C(=C/C=C1/N(C)c2ccccc2C1(C)C)CCC3.O=C([O-])C(F)(F)F. The maximum absolute atomic E-state index is 13.6. The fourth-order valence-electron chi connectivity index (χ4n) is 8.92. The van der Waals surface area contributed by atoms with Crippen LogP contribution >= 0.6 is 11.8 Å². The molecule has 0 bridgehead atoms. The molecule has 1 aromatic carbocycles. The molecule has 6 aliphatic rings. The largest absolute Gasteiger partial charge is 0.542 e. The van der Waals surface area contributed by atoms with Crippen LogP contribution in [-0.2, 0) is 40.6 Å². The number of carbonyl (C=O) groups excluding carboxylic acids is 7. The molecular formula is C48H57F3N8O9S. The van der Waals surface area contributed by atoms with E-state index in [0.717, 1.165) is 60.3 Å². The smallest absolute Gasteiger partial charge is 0.430 e. The third kappa shape index (κ3) is 12.7. The number of primary amides is 1. The number of alkyl halides is 3. The van der Waals surface area contributed by atoms with Gasteiger partial charge in [-0.25, -0.2) is 9.59 Å². The van der Waals surface area contributed by atoms with Crippen LogP contribution in [0.1, 0.15) is 89.5 Å². The van der Waals surface area contributed by atoms with E-state index in [4.69, 9.17) is 20.1 Å². The molecule has 6 atom stereocenters. The number of benzene rings is 2. The van der Waals surface area contributed by atoms with E-state index in [2.05, 4.69) is 99.9 Å². The number of unbranched alkanes of at least 4 members (excludes halogenated alkanes) is 1. The molecule has 0 unspecified atom stereocenters. The first-order valence-electron chi connectivity index (χ1n) is 22.6. The predicted octanol–water partition coefficient (Wildman–Crippen LogP) is 1.32. The van der Waals surface area contributed by atoms with E-state index in [9.17, 15) is 41.9 Å². The third-order valence-electron chi connectivity index (χ3n) is 12.6. The number of urea groups is 1. The molecule has 4 aliphatic heterocycles. The number of halogens is 3. The van der Waals surface area contributed by atoms with Gasteiger partial charge in [0.25, 0.3) is 0 Å². The minimum Gasteiger partial charge on any atom is -0.542 e. The third-order valence-corrected chi connectivity index (χ3v) is 14.1. The van der Waals surface area contributed by atoms with E-state index in [1.165, 1.54) is 30.8 Å². The van der Waals surface area contributed by atoms with Gasteiger partial charge in [0.2, 0.25) is 29.0 Å². The van der Waals surface area contributed by atoms with Gasteiger partial charge >= 0.3 is 18.1 Å². The molecule has 17 nitrogen and oxygen atoms in total. The number of aliphatic carboxylic acids is 1. The summed E-state index contributed by atoms with van der Waals surface area (Å²) in [6, 6.07) is 12.6. The molecule has 21 heteroatoms. The lowest BCUT2D eigenvalue weighted by molar-refractivity contribution is -0.419. The number of thioether (sulfide) groups is 1. The van der Waals surface area contributed by atoms with Gasteiger partial charge in [-0.15, -0.1) is 0 Å². The van der Waals surface area contributed by atoms with Crippen LogP contribution in [0, 0.1) is 0 Å². The van der Waals surface area contributed by atoms with Gasteiger partial charge in [-0.3, -0.25) is 19.2 Å². The molecule has 7 rings (SSSR count). The van der Waals surface area contributed by atoms with Crippen LogP contribution in [0.3, 0.4) is 0 Å². The molecule has 0 saturated carbocycles. The first-order chi connectivity index (χ1) is 32.5. The molecule has 2 aliphatic carbocycles. The number of nitrogens with two attached hydrogens (primary N) is 1. The van der Waals surface area contributed by atoms with E-state index >= 15 is 0 Å². The van der Waals surface area contributed by atoms with E-state index in [-0.39, 0.29) is 35.9 Å². The summed E-state index contributed by atoms with van der Waals surface area (Å²) in [6.45, 7) is 7.42. The second kappa shape index (κ2) is 21.8. The molecule has 4 heterocycles. The number of hydrogen-bond acceptors (Lipinski definition) is 11. The van der Waals surface area contributed by atoms with Crippen LogP contribution in [0.15, 0.2) is 70.8 Å². The molecule has 0 spiro atoms. The van der Waals surface area contributed by atoms with Crippen LogP contribution in [0.5, 0.6) is 0 Å². The molecule has 0 aromatic heterocycles. The normalized spacial score (nSPS) is 21.7. The molecule has 8 N–H and O–H groups in total. The highest BCUT2D eigenvalue weighted by Gasteiger charge is 2.43. The average Bonchev–Trinajstić information content (AvgIpc) is 3.90. The lowest BCUT2D eigenvalue weighted by Gasteiger charge is -2.24. The maximum Gasteiger partial charge on any atom is 0.430 e. The lowest BCUT2D eigenvalue weighted by atomic mass is 9.83. The molecule has 2 saturated heterocycles. The van der Waals surface area contributed by atoms with Crippen LogP contribution in [0.4, 0.5) is 23.7 Å². The highest BCUT2D eigenvalue weighted by molar-refractivity contribution is 8.00. The van der Waals surface area contributed by atoms with Gasteiger partial charge in [0.15, 0.2) is 6.04 Å². The number of carboxylic acids is 1. The van der Waals surface area contributed by atoms with Crippen LogP contribution < -0.4 is 52.7 Å². The van der Waals surface area contributed by atoms with Gasteiger partial charge in [-0.1, -0.05) is 44.5 Å². The maximum atomic E-state index is 13.6. The fourth-order valence-corrected chi connectivity index (χ4v) is 10.5. The van der Waals surface area contributed by atoms with Crippen molar-refractivity contribution in [1.82, 2.24) is 26.6 Å². The molecule has 2 fully saturated rings. The summed E-state index contributed by atoms with van der Waals surface area (Å²) in [4.78, 5) is 89.8. The van der Waals surface area contributed by atoms with Crippen molar-refractivity contribution in [3.63, 3.8) is 0 Å². The van der Waals surface area contributed by atoms with Crippen molar-refractivity contribution in [3.8, 4) is 11.3 Å². The Morgan fingerprint density at radius 3 is 2.38 bits per heavy atom. The summed E-state index contributed by atoms with van der Waals surface area (Å²) >= 11 is 1.82. The van der Waals surface area contributed by atoms with E-state index in [1.807, 2.05) is 17.8 Å². The van der Waals surface area contributed by atoms with Crippen LogP contribution in [0.25, 0.3) is 16.9 Å². The number of carbonyl (C=O) groups is 7. The zero-order chi connectivity index (χ0) is 50.4. The number of nitrogens with zero attached hydrogens (tertiary/aromatic N) is 1. The summed E-state index contributed by atoms with van der Waals surface area (Å²) in [7, 11) is 2.09. The zero-order valence-electron chi connectivity index (χ0n) is 38.8. The number of anilines is 1. The number of nitrogens with one attached hydrogen (secondary N) is 6. The van der Waals surface area contributed by atoms with Crippen molar-refractivity contribution >= 4 is 64.6 Å². The van der Waals surface area contributed by atoms with Crippen LogP contribution in [-0.4, -0.2) is 96.0 Å². The topological polar surface area (TPSA) is 259 Å². The Hall–Kier alpha value is -6.64. The van der Waals surface area contributed by atoms with Crippen molar-refractivity contribution in [2.75, 3.05) is 17.7 Å². The predicted molar refractivity (Wildman–Crippen MR) is 247 cm³/mol. The zero-order valence-corrected chi connectivity index (χ0v) is 39.7. The Bertz CT molecular complexity index is 2590. The fraction of sp³-hybridized carbons (Fsp3) is 0.458. The minimum absolute atomic E-state index is 0.106. The standard InChI is InChI=1S/C46H56N8O7S.C2HF3O2/c1-25(48-39(56)16-9-8-15-36-40-33(24-62-36)52-45(60)53-40)42(57)49-26(2)43(58)51-32(23-38(47)55)44(59)50-30-19-17-28-21-29-12-10-11-27(41(29)61-35(28)22-30)18-20-37-46(3,4)31-13-6-7-14-34(31)54(37)5;3-2(4,5)1(6)7/h6-7,13-14,17-22,25-26,32-33,36,40H,8-12,15-16,23-24H2,1-5H3,(H2,47,55)(H,48,56)(H,49,57)(H,51,58)(H2,52,53,60);(H,6,7)/b27-18+,37-20+,50-30?;/t25-,26-,32-,33-,36-,40-;/m0./s1. The summed E-state index contributed by atoms with van der Waals surface area (Å²) in [6.07, 6.45) is 3.89. The Labute approximate surface area is 400 Å². The Morgan fingerprint density at radius 2 is 1.68 bits per heavy atom. The molecule has 1 aromatic rings. The molecule has 370 valence electrons. The van der Waals surface area contributed by atoms with Crippen molar-refractivity contribution in [2.45, 2.75) is 126 Å². The molecule has 7 amide bonds. The van der Waals surface area contributed by atoms with E-state index < -0.39 is 60.3 Å². The van der Waals surface area contributed by atoms with Crippen molar-refractivity contribution in [1.29, 1.82) is 0 Å². The van der Waals surface area contributed by atoms with Gasteiger partial charge in [-0.2, -0.15) is 29.9 Å². The number of likely N-dealkylation sites (N-methyl/N-ethyl adjacent to an activating group) is 1. The number of allylic oxidation sites excluding steroid dienone is 4. The monoisotopic (exact) mass is 978 g/mol. The van der Waals surface area contributed by atoms with Crippen molar-refractivity contribution in [3.05, 3.63) is 88.6 Å². The second-order valence-electron chi connectivity index (χ2n) is 18.0. The lowest BCUT2D eigenvalue weighted by Crippen LogP contribution is -2.84. The molecule has 0 radical (unpaired) electrons. The number of amides is 7. The summed E-state index contributed by atoms with van der Waals surface area (Å²) in [5.74, 6) is -3.87. The average molecular weight is 979 g/mol. The van der Waals surface area contributed by atoms with Crippen LogP contribution in [0.2, 0.25) is 0 Å². The van der Waals surface area contributed by atoms with Gasteiger partial charge in [0.05, 0.1) is 24.6 Å². The van der Waals surface area contributed by atoms with Gasteiger partial charge in [0, 0.05) is 52.9 Å². The highest BCUT2D eigenvalue weighted by atomic mass is 32.2. The second-order valence-corrected chi connectivity index (χ2v) is 19.3. The highest BCUT2D eigenvalue weighted by Crippen LogP contribution is 2.47. The van der Waals surface area contributed by atoms with Crippen molar-refractivity contribution in [2.24, 2.45) is 5.73 Å². The minimum atomic E-state index is -5.19. The number of aryl methyl sites for hydroxylation is 1. The number of carboxylic acid groups (broad SMARTS) is 1. The Balaban J connectivity index is 0.00000104. The first-order valence-corrected chi connectivity index (χ1v) is 23.7. The number of para-hydroxylation sites is 1. The summed E-state index contributed by atoms with van der Waals surface area (Å²) < 4.78 is 38.1. The summed E-state index contributed by atoms with van der Waals surface area (Å²) in [5.41, 5.74) is 12.0. The van der Waals surface area contributed by atoms with Gasteiger partial charge in [0.1, 0.15) is 29.6 Å². The Kier molecular flexibility index (Phi) is 16.3. The Morgan fingerprint density at radius 1 is 0.986 bits per heavy atom. The quantitative estimate of drug-likeness (QED) is 0.0896. The summed E-state index contributed by atoms with van der Waals surface area (Å²) in [5, 5.41) is 23.1. The van der Waals surface area contributed by atoms with Gasteiger partial charge in [-0.05, 0) is 86.9 Å².